The summed E-state index contributed by atoms with van der Waals surface area (Å²) >= 11 is 0. The summed E-state index contributed by atoms with van der Waals surface area (Å²) in [6, 6.07) is 24.0. The van der Waals surface area contributed by atoms with Gasteiger partial charge in [-0.25, -0.2) is 0 Å². The lowest BCUT2D eigenvalue weighted by molar-refractivity contribution is 0.281. The molecule has 0 heterocycles. The fourth-order valence-corrected chi connectivity index (χ4v) is 2.69. The summed E-state index contributed by atoms with van der Waals surface area (Å²) in [7, 11) is 0. The molecule has 3 aromatic carbocycles. The molecule has 3 heteroatoms. The number of anilines is 3. The Labute approximate surface area is 142 Å². The van der Waals surface area contributed by atoms with Gasteiger partial charge in [0.25, 0.3) is 0 Å². The predicted octanol–water partition coefficient (Wildman–Crippen LogP) is 4.45. The summed E-state index contributed by atoms with van der Waals surface area (Å²) in [5, 5.41) is 18.7. The number of nitrogens with zero attached hydrogens (tertiary/aromatic N) is 1. The molecule has 0 unspecified atom stereocenters. The van der Waals surface area contributed by atoms with Gasteiger partial charge in [-0.2, -0.15) is 0 Å². The molecule has 0 aliphatic rings. The van der Waals surface area contributed by atoms with Crippen LogP contribution in [0.25, 0.3) is 0 Å². The molecule has 0 aliphatic carbocycles. The van der Waals surface area contributed by atoms with Gasteiger partial charge in [-0.1, -0.05) is 42.0 Å². The van der Waals surface area contributed by atoms with Crippen molar-refractivity contribution in [3.8, 4) is 0 Å². The Hall–Kier alpha value is -2.62. The average Bonchev–Trinajstić information content (AvgIpc) is 2.64. The lowest BCUT2D eigenvalue weighted by Gasteiger charge is -2.26. The third-order valence-electron chi connectivity index (χ3n) is 4.02. The van der Waals surface area contributed by atoms with Gasteiger partial charge >= 0.3 is 0 Å². The van der Waals surface area contributed by atoms with E-state index in [9.17, 15) is 10.2 Å². The average molecular weight is 319 g/mol. The van der Waals surface area contributed by atoms with Gasteiger partial charge in [0.15, 0.2) is 0 Å². The Kier molecular flexibility index (Phi) is 4.94. The van der Waals surface area contributed by atoms with Crippen molar-refractivity contribution in [1.29, 1.82) is 0 Å². The van der Waals surface area contributed by atoms with Crippen LogP contribution >= 0.6 is 0 Å². The lowest BCUT2D eigenvalue weighted by atomic mass is 10.1. The monoisotopic (exact) mass is 319 g/mol. The van der Waals surface area contributed by atoms with E-state index < -0.39 is 0 Å². The summed E-state index contributed by atoms with van der Waals surface area (Å²) < 4.78 is 0. The molecule has 122 valence electrons. The molecule has 0 spiro atoms. The van der Waals surface area contributed by atoms with E-state index in [0.717, 1.165) is 28.2 Å². The van der Waals surface area contributed by atoms with Crippen LogP contribution in [0.1, 0.15) is 16.7 Å². The number of hydrogen-bond donors (Lipinski definition) is 2. The zero-order valence-electron chi connectivity index (χ0n) is 13.7. The van der Waals surface area contributed by atoms with Gasteiger partial charge in [-0.15, -0.1) is 0 Å². The largest absolute Gasteiger partial charge is 0.392 e. The van der Waals surface area contributed by atoms with Crippen molar-refractivity contribution in [2.24, 2.45) is 0 Å². The van der Waals surface area contributed by atoms with Gasteiger partial charge in [-0.05, 0) is 54.4 Å². The van der Waals surface area contributed by atoms with E-state index in [2.05, 4.69) is 36.1 Å². The molecular formula is C21H21NO2. The van der Waals surface area contributed by atoms with Crippen LogP contribution in [0.3, 0.4) is 0 Å². The highest BCUT2D eigenvalue weighted by Crippen LogP contribution is 2.35. The lowest BCUT2D eigenvalue weighted by Crippen LogP contribution is -2.10. The molecular weight excluding hydrogens is 298 g/mol. The molecule has 3 rings (SSSR count). The van der Waals surface area contributed by atoms with Crippen LogP contribution in [-0.2, 0) is 13.2 Å². The number of aryl methyl sites for hydroxylation is 1. The zero-order valence-corrected chi connectivity index (χ0v) is 13.7. The zero-order chi connectivity index (χ0) is 16.9. The second kappa shape index (κ2) is 7.30. The molecule has 0 aliphatic heterocycles. The van der Waals surface area contributed by atoms with Crippen LogP contribution in [0, 0.1) is 6.92 Å². The maximum absolute atomic E-state index is 9.44. The summed E-state index contributed by atoms with van der Waals surface area (Å²) in [6.07, 6.45) is 0. The summed E-state index contributed by atoms with van der Waals surface area (Å²) in [6.45, 7) is 2.11. The van der Waals surface area contributed by atoms with Crippen molar-refractivity contribution in [2.45, 2.75) is 20.1 Å². The Morgan fingerprint density at radius 2 is 1.25 bits per heavy atom. The second-order valence-electron chi connectivity index (χ2n) is 5.82. The Bertz CT molecular complexity index is 795. The van der Waals surface area contributed by atoms with Crippen molar-refractivity contribution in [3.63, 3.8) is 0 Å². The second-order valence-corrected chi connectivity index (χ2v) is 5.82. The van der Waals surface area contributed by atoms with Gasteiger partial charge in [-0.3, -0.25) is 0 Å². The number of benzene rings is 3. The molecule has 0 bridgehead atoms. The minimum Gasteiger partial charge on any atom is -0.392 e. The number of rotatable bonds is 5. The molecule has 0 saturated heterocycles. The van der Waals surface area contributed by atoms with E-state index in [0.29, 0.717) is 0 Å². The summed E-state index contributed by atoms with van der Waals surface area (Å²) in [5.74, 6) is 0. The highest BCUT2D eigenvalue weighted by atomic mass is 16.3. The first-order chi connectivity index (χ1) is 11.7. The van der Waals surface area contributed by atoms with E-state index in [1.54, 1.807) is 0 Å². The van der Waals surface area contributed by atoms with Gasteiger partial charge in [0.1, 0.15) is 0 Å². The van der Waals surface area contributed by atoms with Crippen LogP contribution in [0.15, 0.2) is 72.8 Å². The van der Waals surface area contributed by atoms with Crippen molar-refractivity contribution in [2.75, 3.05) is 4.90 Å². The van der Waals surface area contributed by atoms with Gasteiger partial charge in [0, 0.05) is 17.1 Å². The van der Waals surface area contributed by atoms with Crippen LogP contribution in [0.5, 0.6) is 0 Å². The molecule has 0 radical (unpaired) electrons. The van der Waals surface area contributed by atoms with E-state index >= 15 is 0 Å². The normalized spacial score (nSPS) is 10.6. The maximum Gasteiger partial charge on any atom is 0.0682 e. The smallest absolute Gasteiger partial charge is 0.0682 e. The van der Waals surface area contributed by atoms with Gasteiger partial charge in [0.2, 0.25) is 0 Å². The molecule has 2 N–H and O–H groups in total. The van der Waals surface area contributed by atoms with Crippen molar-refractivity contribution < 1.29 is 10.2 Å². The fourth-order valence-electron chi connectivity index (χ4n) is 2.69. The van der Waals surface area contributed by atoms with E-state index in [4.69, 9.17) is 0 Å². The van der Waals surface area contributed by atoms with E-state index in [1.807, 2.05) is 48.5 Å². The van der Waals surface area contributed by atoms with Crippen LogP contribution < -0.4 is 4.90 Å². The molecule has 0 fully saturated rings. The Morgan fingerprint density at radius 1 is 0.667 bits per heavy atom. The minimum absolute atomic E-state index is 0.0129. The third kappa shape index (κ3) is 3.48. The van der Waals surface area contributed by atoms with E-state index in [1.165, 1.54) is 5.56 Å². The first-order valence-corrected chi connectivity index (χ1v) is 7.97. The molecule has 0 atom stereocenters. The third-order valence-corrected chi connectivity index (χ3v) is 4.02. The minimum atomic E-state index is 0.0129. The van der Waals surface area contributed by atoms with Crippen LogP contribution in [0.2, 0.25) is 0 Å². The SMILES string of the molecule is Cc1ccc(N(c2ccc(CO)cc2)c2cccc(CO)c2)cc1. The fraction of sp³-hybridized carbons (Fsp3) is 0.143. The topological polar surface area (TPSA) is 43.7 Å². The molecule has 0 amide bonds. The van der Waals surface area contributed by atoms with Crippen molar-refractivity contribution >= 4 is 17.1 Å². The highest BCUT2D eigenvalue weighted by Gasteiger charge is 2.12. The highest BCUT2D eigenvalue weighted by molar-refractivity contribution is 5.76. The standard InChI is InChI=1S/C21H21NO2/c1-16-5-9-19(10-6-16)22(20-11-7-17(14-23)8-12-20)21-4-2-3-18(13-21)15-24/h2-13,23-24H,14-15H2,1H3. The predicted molar refractivity (Wildman–Crippen MR) is 97.7 cm³/mol. The number of aliphatic hydroxyl groups excluding tert-OH is 2. The van der Waals surface area contributed by atoms with Crippen LogP contribution in [-0.4, -0.2) is 10.2 Å². The van der Waals surface area contributed by atoms with Crippen molar-refractivity contribution in [1.82, 2.24) is 0 Å². The summed E-state index contributed by atoms with van der Waals surface area (Å²) in [4.78, 5) is 2.14. The van der Waals surface area contributed by atoms with Crippen LogP contribution in [0.4, 0.5) is 17.1 Å². The molecule has 24 heavy (non-hydrogen) atoms. The van der Waals surface area contributed by atoms with Crippen molar-refractivity contribution in [3.05, 3.63) is 89.5 Å². The molecule has 3 aromatic rings. The number of aliphatic hydroxyl groups is 2. The first-order valence-electron chi connectivity index (χ1n) is 7.97. The Balaban J connectivity index is 2.10. The molecule has 0 aromatic heterocycles. The van der Waals surface area contributed by atoms with Gasteiger partial charge < -0.3 is 15.1 Å². The van der Waals surface area contributed by atoms with Gasteiger partial charge in [0.05, 0.1) is 13.2 Å². The quantitative estimate of drug-likeness (QED) is 0.730. The number of hydrogen-bond acceptors (Lipinski definition) is 3. The molecule has 3 nitrogen and oxygen atoms in total. The van der Waals surface area contributed by atoms with E-state index in [-0.39, 0.29) is 13.2 Å². The summed E-state index contributed by atoms with van der Waals surface area (Å²) in [5.41, 5.74) is 6.00. The Morgan fingerprint density at radius 3 is 1.83 bits per heavy atom. The maximum atomic E-state index is 9.44. The molecule has 0 saturated carbocycles. The first kappa shape index (κ1) is 16.2.